The molecule has 4 heteroatoms. The van der Waals surface area contributed by atoms with E-state index in [-0.39, 0.29) is 6.61 Å². The first-order chi connectivity index (χ1) is 12.5. The Bertz CT molecular complexity index is 875. The van der Waals surface area contributed by atoms with Crippen LogP contribution in [0, 0.1) is 20.8 Å². The third-order valence-corrected chi connectivity index (χ3v) is 4.63. The highest BCUT2D eigenvalue weighted by Gasteiger charge is 2.15. The molecule has 0 saturated carbocycles. The first-order valence-corrected chi connectivity index (χ1v) is 9.32. The maximum atomic E-state index is 10.6. The van der Waals surface area contributed by atoms with Gasteiger partial charge in [0.2, 0.25) is 0 Å². The summed E-state index contributed by atoms with van der Waals surface area (Å²) in [5.41, 5.74) is 5.48. The van der Waals surface area contributed by atoms with Crippen molar-refractivity contribution in [1.29, 1.82) is 0 Å². The van der Waals surface area contributed by atoms with Crippen LogP contribution in [0.5, 0.6) is 5.75 Å². The average molecular weight is 352 g/mol. The van der Waals surface area contributed by atoms with Gasteiger partial charge in [0.1, 0.15) is 24.3 Å². The topological polar surface area (TPSA) is 47.3 Å². The molecule has 0 aliphatic carbocycles. The lowest BCUT2D eigenvalue weighted by Crippen LogP contribution is -2.25. The zero-order valence-corrected chi connectivity index (χ0v) is 16.1. The van der Waals surface area contributed by atoms with E-state index in [9.17, 15) is 5.11 Å². The highest BCUT2D eigenvalue weighted by molar-refractivity contribution is 5.75. The van der Waals surface area contributed by atoms with Crippen molar-refractivity contribution in [3.63, 3.8) is 0 Å². The Morgan fingerprint density at radius 2 is 1.81 bits per heavy atom. The van der Waals surface area contributed by atoms with Crippen molar-refractivity contribution < 1.29 is 9.84 Å². The van der Waals surface area contributed by atoms with Crippen LogP contribution in [0.4, 0.5) is 0 Å². The second-order valence-corrected chi connectivity index (χ2v) is 7.07. The van der Waals surface area contributed by atoms with E-state index in [1.165, 1.54) is 5.56 Å². The van der Waals surface area contributed by atoms with Crippen molar-refractivity contribution in [2.24, 2.45) is 0 Å². The van der Waals surface area contributed by atoms with Crippen LogP contribution in [0.15, 0.2) is 36.4 Å². The van der Waals surface area contributed by atoms with E-state index in [0.717, 1.165) is 46.6 Å². The van der Waals surface area contributed by atoms with Crippen molar-refractivity contribution in [3.05, 3.63) is 58.9 Å². The predicted octanol–water partition coefficient (Wildman–Crippen LogP) is 4.35. The van der Waals surface area contributed by atoms with Gasteiger partial charge in [0.15, 0.2) is 0 Å². The molecule has 0 unspecified atom stereocenters. The van der Waals surface area contributed by atoms with Crippen molar-refractivity contribution >= 4 is 11.0 Å². The van der Waals surface area contributed by atoms with E-state index in [2.05, 4.69) is 36.6 Å². The number of aliphatic hydroxyl groups excluding tert-OH is 1. The van der Waals surface area contributed by atoms with Crippen molar-refractivity contribution in [2.75, 3.05) is 6.61 Å². The number of aryl methyl sites for hydroxylation is 4. The monoisotopic (exact) mass is 352 g/mol. The molecule has 0 saturated heterocycles. The molecule has 26 heavy (non-hydrogen) atoms. The number of benzene rings is 2. The first-order valence-electron chi connectivity index (χ1n) is 9.32. The van der Waals surface area contributed by atoms with Gasteiger partial charge in [-0.1, -0.05) is 36.8 Å². The second kappa shape index (κ2) is 7.92. The fourth-order valence-electron chi connectivity index (χ4n) is 3.58. The number of ether oxygens (including phenoxy) is 1. The molecule has 0 fully saturated rings. The van der Waals surface area contributed by atoms with Crippen LogP contribution in [0.3, 0.4) is 0 Å². The number of fused-ring (bicyclic) bond motifs is 1. The Morgan fingerprint density at radius 3 is 2.50 bits per heavy atom. The van der Waals surface area contributed by atoms with E-state index in [0.29, 0.717) is 6.54 Å². The van der Waals surface area contributed by atoms with Crippen molar-refractivity contribution in [1.82, 2.24) is 9.55 Å². The molecule has 1 heterocycles. The van der Waals surface area contributed by atoms with Gasteiger partial charge < -0.3 is 14.4 Å². The molecule has 0 amide bonds. The van der Waals surface area contributed by atoms with Crippen LogP contribution in [0.2, 0.25) is 0 Å². The van der Waals surface area contributed by atoms with Crippen LogP contribution < -0.4 is 4.74 Å². The predicted molar refractivity (Wildman–Crippen MR) is 106 cm³/mol. The Labute approximate surface area is 155 Å². The van der Waals surface area contributed by atoms with E-state index in [1.54, 1.807) is 0 Å². The van der Waals surface area contributed by atoms with E-state index < -0.39 is 6.10 Å². The van der Waals surface area contributed by atoms with Crippen molar-refractivity contribution in [2.45, 2.75) is 53.2 Å². The number of nitrogens with zero attached hydrogens (tertiary/aromatic N) is 2. The highest BCUT2D eigenvalue weighted by atomic mass is 16.5. The quantitative estimate of drug-likeness (QED) is 0.687. The van der Waals surface area contributed by atoms with Gasteiger partial charge in [-0.3, -0.25) is 0 Å². The Morgan fingerprint density at radius 1 is 1.12 bits per heavy atom. The van der Waals surface area contributed by atoms with E-state index >= 15 is 0 Å². The largest absolute Gasteiger partial charge is 0.490 e. The molecule has 1 aromatic heterocycles. The summed E-state index contributed by atoms with van der Waals surface area (Å²) < 4.78 is 8.09. The van der Waals surface area contributed by atoms with Crippen LogP contribution in [-0.4, -0.2) is 27.4 Å². The van der Waals surface area contributed by atoms with Crippen LogP contribution in [-0.2, 0) is 13.0 Å². The SMILES string of the molecule is CCCc1nc2ccccc2n1C[C@@H](O)COc1c(C)cc(C)cc1C. The molecule has 0 aliphatic rings. The van der Waals surface area contributed by atoms with Gasteiger partial charge in [0.25, 0.3) is 0 Å². The van der Waals surface area contributed by atoms with Crippen LogP contribution in [0.1, 0.15) is 35.9 Å². The highest BCUT2D eigenvalue weighted by Crippen LogP contribution is 2.25. The molecule has 0 radical (unpaired) electrons. The molecule has 3 aromatic rings. The fourth-order valence-corrected chi connectivity index (χ4v) is 3.58. The number of aromatic nitrogens is 2. The number of rotatable bonds is 7. The van der Waals surface area contributed by atoms with E-state index in [1.807, 2.05) is 32.0 Å². The Balaban J connectivity index is 1.75. The number of aliphatic hydroxyl groups is 1. The zero-order chi connectivity index (χ0) is 18.7. The molecule has 0 aliphatic heterocycles. The van der Waals surface area contributed by atoms with Gasteiger partial charge >= 0.3 is 0 Å². The number of hydrogen-bond donors (Lipinski definition) is 1. The molecule has 138 valence electrons. The second-order valence-electron chi connectivity index (χ2n) is 7.07. The first kappa shape index (κ1) is 18.5. The molecule has 1 N–H and O–H groups in total. The minimum Gasteiger partial charge on any atom is -0.490 e. The summed E-state index contributed by atoms with van der Waals surface area (Å²) in [6.07, 6.45) is 1.33. The van der Waals surface area contributed by atoms with Crippen LogP contribution >= 0.6 is 0 Å². The standard InChI is InChI=1S/C22H28N2O2/c1-5-8-21-23-19-9-6-7-10-20(19)24(21)13-18(25)14-26-22-16(3)11-15(2)12-17(22)4/h6-7,9-12,18,25H,5,8,13-14H2,1-4H3/t18-/m1/s1. The summed E-state index contributed by atoms with van der Waals surface area (Å²) in [5, 5.41) is 10.6. The summed E-state index contributed by atoms with van der Waals surface area (Å²) in [6, 6.07) is 12.3. The van der Waals surface area contributed by atoms with Gasteiger partial charge in [-0.15, -0.1) is 0 Å². The molecule has 3 rings (SSSR count). The van der Waals surface area contributed by atoms with Gasteiger partial charge in [-0.2, -0.15) is 0 Å². The molecule has 0 spiro atoms. The molecule has 0 bridgehead atoms. The molecule has 1 atom stereocenters. The molecular formula is C22H28N2O2. The number of hydrogen-bond acceptors (Lipinski definition) is 3. The minimum atomic E-state index is -0.594. The summed E-state index contributed by atoms with van der Waals surface area (Å²) in [6.45, 7) is 9.07. The van der Waals surface area contributed by atoms with Gasteiger partial charge in [0.05, 0.1) is 17.6 Å². The van der Waals surface area contributed by atoms with Crippen LogP contribution in [0.25, 0.3) is 11.0 Å². The number of imidazole rings is 1. The lowest BCUT2D eigenvalue weighted by Gasteiger charge is -2.18. The van der Waals surface area contributed by atoms with E-state index in [4.69, 9.17) is 9.72 Å². The molecule has 2 aromatic carbocycles. The molecular weight excluding hydrogens is 324 g/mol. The van der Waals surface area contributed by atoms with Gasteiger partial charge in [0, 0.05) is 6.42 Å². The lowest BCUT2D eigenvalue weighted by molar-refractivity contribution is 0.0920. The molecule has 4 nitrogen and oxygen atoms in total. The summed E-state index contributed by atoms with van der Waals surface area (Å²) in [5.74, 6) is 1.90. The Kier molecular flexibility index (Phi) is 5.62. The van der Waals surface area contributed by atoms with Gasteiger partial charge in [-0.05, 0) is 50.5 Å². The summed E-state index contributed by atoms with van der Waals surface area (Å²) in [7, 11) is 0. The maximum Gasteiger partial charge on any atom is 0.125 e. The average Bonchev–Trinajstić information content (AvgIpc) is 2.92. The van der Waals surface area contributed by atoms with Gasteiger partial charge in [-0.25, -0.2) is 4.98 Å². The zero-order valence-electron chi connectivity index (χ0n) is 16.1. The fraction of sp³-hybridized carbons (Fsp3) is 0.409. The third kappa shape index (κ3) is 3.91. The minimum absolute atomic E-state index is 0.267. The lowest BCUT2D eigenvalue weighted by atomic mass is 10.1. The van der Waals surface area contributed by atoms with Crippen molar-refractivity contribution in [3.8, 4) is 5.75 Å². The number of para-hydroxylation sites is 2. The summed E-state index contributed by atoms with van der Waals surface area (Å²) in [4.78, 5) is 4.72. The Hall–Kier alpha value is -2.33. The summed E-state index contributed by atoms with van der Waals surface area (Å²) >= 11 is 0. The smallest absolute Gasteiger partial charge is 0.125 e. The normalized spacial score (nSPS) is 12.5. The third-order valence-electron chi connectivity index (χ3n) is 4.63. The maximum absolute atomic E-state index is 10.6.